The Morgan fingerprint density at radius 2 is 1.87 bits per heavy atom. The number of rotatable bonds is 4. The van der Waals surface area contributed by atoms with Crippen LogP contribution in [0.2, 0.25) is 0 Å². The molecule has 30 heavy (non-hydrogen) atoms. The maximum absolute atomic E-state index is 12.1. The number of epoxide rings is 2. The Hall–Kier alpha value is -0.670. The smallest absolute Gasteiger partial charge is 0.155 e. The summed E-state index contributed by atoms with van der Waals surface area (Å²) >= 11 is 0. The zero-order chi connectivity index (χ0) is 21.1. The van der Waals surface area contributed by atoms with Crippen molar-refractivity contribution in [3.8, 4) is 0 Å². The van der Waals surface area contributed by atoms with Crippen molar-refractivity contribution in [3.05, 3.63) is 11.6 Å². The van der Waals surface area contributed by atoms with Gasteiger partial charge in [-0.15, -0.1) is 0 Å². The third-order valence-electron chi connectivity index (χ3n) is 11.0. The van der Waals surface area contributed by atoms with Gasteiger partial charge in [0.25, 0.3) is 0 Å². The second-order valence-electron chi connectivity index (χ2n) is 12.8. The summed E-state index contributed by atoms with van der Waals surface area (Å²) in [5, 5.41) is 0. The first-order valence-electron chi connectivity index (χ1n) is 12.7. The van der Waals surface area contributed by atoms with Gasteiger partial charge in [0.15, 0.2) is 5.78 Å². The minimum absolute atomic E-state index is 0.127. The van der Waals surface area contributed by atoms with Gasteiger partial charge in [-0.3, -0.25) is 4.79 Å². The molecule has 0 aromatic heterocycles. The highest BCUT2D eigenvalue weighted by atomic mass is 16.6. The molecule has 0 radical (unpaired) electrons. The standard InChI is InChI=1S/C27H40O3/c1-15(6-9-21-25(2,3)30-21)17-7-8-18-22-19(11-13-26(17,18)4)27(5)12-10-16(28)14-20(27)23-24(22)29-23/h14-15,17-19,21-24H,6-13H2,1-5H3/t15?,17-,18+,19+,21?,22+,23?,24?,26-,27-/m1/s1. The number of carbonyl (C=O) groups is 1. The number of ether oxygens (including phenoxy) is 2. The molecular weight excluding hydrogens is 372 g/mol. The van der Waals surface area contributed by atoms with Crippen molar-refractivity contribution in [2.75, 3.05) is 0 Å². The van der Waals surface area contributed by atoms with Crippen LogP contribution in [0.4, 0.5) is 0 Å². The highest BCUT2D eigenvalue weighted by Crippen LogP contribution is 2.71. The highest BCUT2D eigenvalue weighted by molar-refractivity contribution is 5.92. The van der Waals surface area contributed by atoms with Crippen LogP contribution in [-0.4, -0.2) is 29.7 Å². The molecule has 2 heterocycles. The first-order chi connectivity index (χ1) is 14.1. The van der Waals surface area contributed by atoms with Crippen LogP contribution in [0.5, 0.6) is 0 Å². The molecule has 3 nitrogen and oxygen atoms in total. The molecule has 4 aliphatic carbocycles. The third kappa shape index (κ3) is 2.66. The molecular formula is C27H40O3. The quantitative estimate of drug-likeness (QED) is 0.555. The first-order valence-corrected chi connectivity index (χ1v) is 12.7. The van der Waals surface area contributed by atoms with Gasteiger partial charge in [-0.25, -0.2) is 0 Å². The van der Waals surface area contributed by atoms with Crippen molar-refractivity contribution in [2.24, 2.45) is 40.4 Å². The lowest BCUT2D eigenvalue weighted by Crippen LogP contribution is -2.53. The van der Waals surface area contributed by atoms with Crippen LogP contribution in [0, 0.1) is 40.4 Å². The van der Waals surface area contributed by atoms with Crippen LogP contribution in [0.25, 0.3) is 0 Å². The minimum atomic E-state index is 0.127. The fourth-order valence-corrected chi connectivity index (χ4v) is 9.14. The molecule has 4 unspecified atom stereocenters. The van der Waals surface area contributed by atoms with E-state index >= 15 is 0 Å². The molecule has 3 saturated carbocycles. The maximum atomic E-state index is 12.1. The fourth-order valence-electron chi connectivity index (χ4n) is 9.14. The molecule has 10 atom stereocenters. The first kappa shape index (κ1) is 20.0. The summed E-state index contributed by atoms with van der Waals surface area (Å²) in [6.45, 7) is 12.1. The Bertz CT molecular complexity index is 798. The fraction of sp³-hybridized carbons (Fsp3) is 0.889. The van der Waals surface area contributed by atoms with Crippen LogP contribution in [0.3, 0.4) is 0 Å². The van der Waals surface area contributed by atoms with Crippen molar-refractivity contribution >= 4 is 5.78 Å². The largest absolute Gasteiger partial charge is 0.367 e. The topological polar surface area (TPSA) is 42.1 Å². The third-order valence-corrected chi connectivity index (χ3v) is 11.0. The van der Waals surface area contributed by atoms with Gasteiger partial charge in [-0.05, 0) is 111 Å². The zero-order valence-corrected chi connectivity index (χ0v) is 19.6. The normalized spacial score (nSPS) is 53.7. The van der Waals surface area contributed by atoms with Gasteiger partial charge in [-0.2, -0.15) is 0 Å². The van der Waals surface area contributed by atoms with Gasteiger partial charge in [0.1, 0.15) is 6.10 Å². The van der Waals surface area contributed by atoms with Gasteiger partial charge in [-0.1, -0.05) is 20.8 Å². The number of fused-ring (bicyclic) bond motifs is 8. The van der Waals surface area contributed by atoms with Gasteiger partial charge < -0.3 is 9.47 Å². The Morgan fingerprint density at radius 3 is 2.60 bits per heavy atom. The molecule has 2 aliphatic heterocycles. The molecule has 0 amide bonds. The van der Waals surface area contributed by atoms with E-state index in [9.17, 15) is 4.79 Å². The molecule has 0 aromatic rings. The molecule has 6 rings (SSSR count). The van der Waals surface area contributed by atoms with E-state index in [0.717, 1.165) is 30.6 Å². The van der Waals surface area contributed by atoms with Crippen molar-refractivity contribution in [1.82, 2.24) is 0 Å². The van der Waals surface area contributed by atoms with Crippen molar-refractivity contribution in [3.63, 3.8) is 0 Å². The van der Waals surface area contributed by atoms with E-state index in [1.165, 1.54) is 44.1 Å². The molecule has 166 valence electrons. The van der Waals surface area contributed by atoms with E-state index in [0.29, 0.717) is 35.2 Å². The monoisotopic (exact) mass is 412 g/mol. The number of ketones is 1. The van der Waals surface area contributed by atoms with E-state index in [1.807, 2.05) is 6.08 Å². The van der Waals surface area contributed by atoms with Crippen molar-refractivity contribution < 1.29 is 14.3 Å². The molecule has 0 aromatic carbocycles. The minimum Gasteiger partial charge on any atom is -0.367 e. The molecule has 0 spiro atoms. The van der Waals surface area contributed by atoms with E-state index < -0.39 is 0 Å². The lowest BCUT2D eigenvalue weighted by atomic mass is 9.46. The van der Waals surface area contributed by atoms with Gasteiger partial charge in [0, 0.05) is 6.42 Å². The predicted molar refractivity (Wildman–Crippen MR) is 117 cm³/mol. The number of hydrogen-bond acceptors (Lipinski definition) is 3. The predicted octanol–water partition coefficient (Wildman–Crippen LogP) is 5.72. The number of carbonyl (C=O) groups excluding carboxylic acids is 1. The van der Waals surface area contributed by atoms with Crippen molar-refractivity contribution in [1.29, 1.82) is 0 Å². The Morgan fingerprint density at radius 1 is 1.10 bits per heavy atom. The van der Waals surface area contributed by atoms with Crippen molar-refractivity contribution in [2.45, 2.75) is 110 Å². The van der Waals surface area contributed by atoms with Crippen LogP contribution in [0.1, 0.15) is 86.0 Å². The Labute approximate surface area is 182 Å². The van der Waals surface area contributed by atoms with E-state index in [1.54, 1.807) is 0 Å². The number of hydrogen-bond donors (Lipinski definition) is 0. The zero-order valence-electron chi connectivity index (χ0n) is 19.6. The van der Waals surface area contributed by atoms with E-state index in [4.69, 9.17) is 9.47 Å². The molecule has 6 aliphatic rings. The molecule has 0 N–H and O–H groups in total. The molecule has 3 heteroatoms. The molecule has 2 saturated heterocycles. The average Bonchev–Trinajstić information content (AvgIpc) is 3.56. The van der Waals surface area contributed by atoms with Crippen LogP contribution >= 0.6 is 0 Å². The summed E-state index contributed by atoms with van der Waals surface area (Å²) in [4.78, 5) is 12.1. The van der Waals surface area contributed by atoms with Crippen LogP contribution in [0.15, 0.2) is 11.6 Å². The van der Waals surface area contributed by atoms with Gasteiger partial charge in [0.2, 0.25) is 0 Å². The van der Waals surface area contributed by atoms with E-state index in [-0.39, 0.29) is 17.1 Å². The highest BCUT2D eigenvalue weighted by Gasteiger charge is 2.69. The van der Waals surface area contributed by atoms with Gasteiger partial charge >= 0.3 is 0 Å². The summed E-state index contributed by atoms with van der Waals surface area (Å²) in [5.41, 5.74) is 2.17. The SMILES string of the molecule is CC(CCC1OC1(C)C)[C@H]1CC[C@H]2[C@@H]3C4OC4C4=CC(=O)CC[C@]4(C)[C@H]3CC[C@]12C. The molecule has 0 bridgehead atoms. The van der Waals surface area contributed by atoms with Crippen LogP contribution in [-0.2, 0) is 14.3 Å². The Kier molecular flexibility index (Phi) is 4.14. The van der Waals surface area contributed by atoms with Gasteiger partial charge in [0.05, 0.1) is 17.8 Å². The van der Waals surface area contributed by atoms with Crippen LogP contribution < -0.4 is 0 Å². The lowest BCUT2D eigenvalue weighted by molar-refractivity contribution is -0.117. The lowest BCUT2D eigenvalue weighted by Gasteiger charge is -2.57. The van der Waals surface area contributed by atoms with E-state index in [2.05, 4.69) is 34.6 Å². The second kappa shape index (κ2) is 6.22. The summed E-state index contributed by atoms with van der Waals surface area (Å²) in [7, 11) is 0. The second-order valence-corrected chi connectivity index (χ2v) is 12.8. The maximum Gasteiger partial charge on any atom is 0.155 e. The summed E-state index contributed by atoms with van der Waals surface area (Å²) in [6.07, 6.45) is 12.9. The summed E-state index contributed by atoms with van der Waals surface area (Å²) in [6, 6.07) is 0. The summed E-state index contributed by atoms with van der Waals surface area (Å²) in [5.74, 6) is 4.20. The molecule has 5 fully saturated rings. The summed E-state index contributed by atoms with van der Waals surface area (Å²) < 4.78 is 12.2. The average molecular weight is 413 g/mol. The Balaban J connectivity index is 1.22.